The monoisotopic (exact) mass is 329 g/mol. The summed E-state index contributed by atoms with van der Waals surface area (Å²) in [5.41, 5.74) is 1.05. The molecule has 2 heterocycles. The Balaban J connectivity index is 1.84. The number of nitrogens with one attached hydrogen (secondary N) is 1. The highest BCUT2D eigenvalue weighted by Gasteiger charge is 2.04. The molecule has 0 atom stereocenters. The Morgan fingerprint density at radius 2 is 2.39 bits per heavy atom. The van der Waals surface area contributed by atoms with Crippen molar-refractivity contribution in [1.29, 1.82) is 0 Å². The Bertz CT molecular complexity index is 483. The number of aromatic nitrogens is 2. The molecule has 0 bridgehead atoms. The number of halogens is 1. The van der Waals surface area contributed by atoms with Crippen LogP contribution in [0.2, 0.25) is 0 Å². The first-order valence-electron chi connectivity index (χ1n) is 5.73. The van der Waals surface area contributed by atoms with Gasteiger partial charge in [0.2, 0.25) is 0 Å². The highest BCUT2D eigenvalue weighted by atomic mass is 79.9. The zero-order valence-corrected chi connectivity index (χ0v) is 12.6. The van der Waals surface area contributed by atoms with Crippen LogP contribution in [0.5, 0.6) is 0 Å². The van der Waals surface area contributed by atoms with Gasteiger partial charge in [-0.1, -0.05) is 0 Å². The molecule has 0 unspecified atom stereocenters. The van der Waals surface area contributed by atoms with Gasteiger partial charge in [0.25, 0.3) is 0 Å². The molecule has 0 saturated carbocycles. The molecular weight excluding hydrogens is 314 g/mol. The number of ether oxygens (including phenoxy) is 1. The molecule has 0 radical (unpaired) electrons. The Morgan fingerprint density at radius 3 is 3.11 bits per heavy atom. The molecule has 18 heavy (non-hydrogen) atoms. The maximum atomic E-state index is 4.98. The van der Waals surface area contributed by atoms with Gasteiger partial charge in [-0.3, -0.25) is 4.68 Å². The van der Waals surface area contributed by atoms with E-state index in [2.05, 4.69) is 37.8 Å². The predicted octanol–water partition coefficient (Wildman–Crippen LogP) is 2.49. The lowest BCUT2D eigenvalue weighted by molar-refractivity contribution is 0.199. The molecule has 0 amide bonds. The highest BCUT2D eigenvalue weighted by Crippen LogP contribution is 2.23. The molecule has 0 aromatic carbocycles. The Labute approximate surface area is 119 Å². The first-order chi connectivity index (χ1) is 8.79. The Hall–Kier alpha value is -0.690. The summed E-state index contributed by atoms with van der Waals surface area (Å²) in [6.07, 6.45) is 2.01. The molecule has 0 aliphatic carbocycles. The van der Waals surface area contributed by atoms with Gasteiger partial charge < -0.3 is 10.1 Å². The summed E-state index contributed by atoms with van der Waals surface area (Å²) in [5.74, 6) is 0. The van der Waals surface area contributed by atoms with Gasteiger partial charge >= 0.3 is 0 Å². The van der Waals surface area contributed by atoms with Crippen LogP contribution >= 0.6 is 27.3 Å². The van der Waals surface area contributed by atoms with Crippen LogP contribution in [0.1, 0.15) is 10.6 Å². The van der Waals surface area contributed by atoms with Crippen molar-refractivity contribution < 1.29 is 4.74 Å². The molecule has 0 fully saturated rings. The van der Waals surface area contributed by atoms with E-state index in [1.54, 1.807) is 18.4 Å². The summed E-state index contributed by atoms with van der Waals surface area (Å²) in [5, 5.41) is 9.88. The summed E-state index contributed by atoms with van der Waals surface area (Å²) >= 11 is 5.27. The fourth-order valence-corrected chi connectivity index (χ4v) is 3.03. The quantitative estimate of drug-likeness (QED) is 0.793. The number of methoxy groups -OCH3 is 1. The van der Waals surface area contributed by atoms with Gasteiger partial charge in [0.1, 0.15) is 0 Å². The van der Waals surface area contributed by atoms with E-state index in [0.717, 1.165) is 36.4 Å². The van der Waals surface area contributed by atoms with E-state index in [1.807, 2.05) is 16.9 Å². The smallest absolute Gasteiger partial charge is 0.0763 e. The lowest BCUT2D eigenvalue weighted by atomic mass is 10.4. The number of thiophene rings is 1. The molecule has 1 N–H and O–H groups in total. The second-order valence-corrected chi connectivity index (χ2v) is 5.72. The van der Waals surface area contributed by atoms with Crippen LogP contribution in [-0.4, -0.2) is 30.0 Å². The molecular formula is C12H16BrN3OS. The zero-order valence-electron chi connectivity index (χ0n) is 10.2. The second kappa shape index (κ2) is 7.04. The normalized spacial score (nSPS) is 11.0. The van der Waals surface area contributed by atoms with E-state index in [-0.39, 0.29) is 0 Å². The molecule has 6 heteroatoms. The summed E-state index contributed by atoms with van der Waals surface area (Å²) in [4.78, 5) is 1.29. The molecule has 2 aromatic rings. The van der Waals surface area contributed by atoms with Crippen LogP contribution in [-0.2, 0) is 17.8 Å². The van der Waals surface area contributed by atoms with Crippen molar-refractivity contribution in [2.24, 2.45) is 0 Å². The predicted molar refractivity (Wildman–Crippen MR) is 76.9 cm³/mol. The molecule has 4 nitrogen and oxygen atoms in total. The summed E-state index contributed by atoms with van der Waals surface area (Å²) in [6.45, 7) is 3.17. The lowest BCUT2D eigenvalue weighted by Crippen LogP contribution is -2.19. The van der Waals surface area contributed by atoms with Crippen LogP contribution in [0.3, 0.4) is 0 Å². The van der Waals surface area contributed by atoms with E-state index < -0.39 is 0 Å². The van der Waals surface area contributed by atoms with Crippen LogP contribution in [0.4, 0.5) is 0 Å². The van der Waals surface area contributed by atoms with Gasteiger partial charge in [-0.25, -0.2) is 0 Å². The summed E-state index contributed by atoms with van der Waals surface area (Å²) < 4.78 is 8.09. The van der Waals surface area contributed by atoms with Crippen molar-refractivity contribution in [2.45, 2.75) is 13.1 Å². The van der Waals surface area contributed by atoms with Crippen molar-refractivity contribution in [3.05, 3.63) is 38.8 Å². The molecule has 2 aromatic heterocycles. The first-order valence-corrected chi connectivity index (χ1v) is 7.40. The third-order valence-electron chi connectivity index (χ3n) is 2.48. The molecule has 0 aliphatic rings. The maximum Gasteiger partial charge on any atom is 0.0763 e. The van der Waals surface area contributed by atoms with Crippen molar-refractivity contribution in [3.63, 3.8) is 0 Å². The molecule has 0 saturated heterocycles. The molecule has 98 valence electrons. The van der Waals surface area contributed by atoms with Crippen molar-refractivity contribution in [3.8, 4) is 0 Å². The third kappa shape index (κ3) is 3.91. The number of rotatable bonds is 7. The Kier molecular flexibility index (Phi) is 5.37. The summed E-state index contributed by atoms with van der Waals surface area (Å²) in [6, 6.07) is 4.11. The van der Waals surface area contributed by atoms with Gasteiger partial charge in [0.15, 0.2) is 0 Å². The third-order valence-corrected chi connectivity index (χ3v) is 4.39. The van der Waals surface area contributed by atoms with E-state index >= 15 is 0 Å². The Morgan fingerprint density at radius 1 is 1.50 bits per heavy atom. The van der Waals surface area contributed by atoms with Crippen LogP contribution < -0.4 is 5.32 Å². The van der Waals surface area contributed by atoms with E-state index in [1.165, 1.54) is 4.88 Å². The second-order valence-electron chi connectivity index (χ2n) is 3.87. The lowest BCUT2D eigenvalue weighted by Gasteiger charge is -2.02. The topological polar surface area (TPSA) is 39.1 Å². The molecule has 2 rings (SSSR count). The minimum absolute atomic E-state index is 0.725. The largest absolute Gasteiger partial charge is 0.383 e. The van der Waals surface area contributed by atoms with E-state index in [4.69, 9.17) is 4.74 Å². The van der Waals surface area contributed by atoms with Gasteiger partial charge in [-0.15, -0.1) is 11.3 Å². The minimum atomic E-state index is 0.725. The SMILES string of the molecule is COCCNCc1ccn(Cc2sccc2Br)n1. The van der Waals surface area contributed by atoms with Gasteiger partial charge in [0.05, 0.1) is 18.8 Å². The van der Waals surface area contributed by atoms with Crippen molar-refractivity contribution in [2.75, 3.05) is 20.3 Å². The number of hydrogen-bond donors (Lipinski definition) is 1. The fourth-order valence-electron chi connectivity index (χ4n) is 1.56. The van der Waals surface area contributed by atoms with Crippen molar-refractivity contribution in [1.82, 2.24) is 15.1 Å². The number of hydrogen-bond acceptors (Lipinski definition) is 4. The van der Waals surface area contributed by atoms with Crippen LogP contribution in [0, 0.1) is 0 Å². The molecule has 0 aliphatic heterocycles. The highest BCUT2D eigenvalue weighted by molar-refractivity contribution is 9.10. The van der Waals surface area contributed by atoms with Crippen molar-refractivity contribution >= 4 is 27.3 Å². The number of nitrogens with zero attached hydrogens (tertiary/aromatic N) is 2. The fraction of sp³-hybridized carbons (Fsp3) is 0.417. The minimum Gasteiger partial charge on any atom is -0.383 e. The first kappa shape index (κ1) is 13.7. The summed E-state index contributed by atoms with van der Waals surface area (Å²) in [7, 11) is 1.70. The van der Waals surface area contributed by atoms with Crippen LogP contribution in [0.25, 0.3) is 0 Å². The average molecular weight is 330 g/mol. The van der Waals surface area contributed by atoms with Gasteiger partial charge in [-0.05, 0) is 33.4 Å². The maximum absolute atomic E-state index is 4.98. The van der Waals surface area contributed by atoms with Gasteiger partial charge in [-0.2, -0.15) is 5.10 Å². The molecule has 0 spiro atoms. The average Bonchev–Trinajstić information content (AvgIpc) is 2.96. The van der Waals surface area contributed by atoms with Crippen LogP contribution in [0.15, 0.2) is 28.2 Å². The zero-order chi connectivity index (χ0) is 12.8. The standard InChI is InChI=1S/C12H16BrN3OS/c1-17-6-4-14-8-10-2-5-16(15-10)9-12-11(13)3-7-18-12/h2-3,5,7,14H,4,6,8-9H2,1H3. The van der Waals surface area contributed by atoms with E-state index in [9.17, 15) is 0 Å². The van der Waals surface area contributed by atoms with Gasteiger partial charge in [0, 0.05) is 35.7 Å². The van der Waals surface area contributed by atoms with E-state index in [0.29, 0.717) is 0 Å².